The number of piperidine rings is 2. The molecule has 3 N–H and O–H groups in total. The minimum atomic E-state index is -2.26. The molecule has 3 fully saturated rings. The van der Waals surface area contributed by atoms with Gasteiger partial charge >= 0.3 is 0 Å². The minimum Gasteiger partial charge on any atom is -0.354 e. The average molecular weight is 808 g/mol. The van der Waals surface area contributed by atoms with E-state index in [1.165, 1.54) is 12.4 Å². The van der Waals surface area contributed by atoms with E-state index < -0.39 is 17.3 Å². The molecule has 0 radical (unpaired) electrons. The van der Waals surface area contributed by atoms with E-state index in [-0.39, 0.29) is 30.2 Å². The highest BCUT2D eigenvalue weighted by Gasteiger charge is 2.39. The quantitative estimate of drug-likeness (QED) is 0.137. The fourth-order valence-electron chi connectivity index (χ4n) is 8.63. The Balaban J connectivity index is 0.797. The lowest BCUT2D eigenvalue weighted by atomic mass is 10.0. The molecule has 0 bridgehead atoms. The normalized spacial score (nSPS) is 20.3. The van der Waals surface area contributed by atoms with Crippen molar-refractivity contribution in [2.45, 2.75) is 70.7 Å². The zero-order chi connectivity index (χ0) is 40.1. The number of carbonyl (C=O) groups excluding carboxylic acids is 3. The Morgan fingerprint density at radius 3 is 2.52 bits per heavy atom. The molecule has 302 valence electrons. The summed E-state index contributed by atoms with van der Waals surface area (Å²) in [5.74, 6) is 1.63. The van der Waals surface area contributed by atoms with Crippen LogP contribution in [0, 0.1) is 0 Å². The molecule has 3 amide bonds. The summed E-state index contributed by atoms with van der Waals surface area (Å²) < 4.78 is 23.7. The summed E-state index contributed by atoms with van der Waals surface area (Å²) in [6.45, 7) is 11.2. The molecule has 4 aromatic heterocycles. The number of aromatic nitrogens is 7. The van der Waals surface area contributed by atoms with Crippen LogP contribution in [0.5, 0.6) is 0 Å². The van der Waals surface area contributed by atoms with Crippen LogP contribution < -0.4 is 15.5 Å². The number of benzene rings is 1. The van der Waals surface area contributed by atoms with E-state index in [4.69, 9.17) is 10.1 Å². The lowest BCUT2D eigenvalue weighted by Crippen LogP contribution is -2.53. The first kappa shape index (κ1) is 37.9. The van der Waals surface area contributed by atoms with Crippen LogP contribution in [0.2, 0.25) is 0 Å². The molecule has 4 aliphatic heterocycles. The topological polar surface area (TPSA) is 200 Å². The predicted molar refractivity (Wildman–Crippen MR) is 215 cm³/mol. The number of imide groups is 1. The van der Waals surface area contributed by atoms with Gasteiger partial charge in [0.1, 0.15) is 17.7 Å². The van der Waals surface area contributed by atoms with Crippen LogP contribution in [0.1, 0.15) is 67.1 Å². The molecule has 18 nitrogen and oxygen atoms in total. The van der Waals surface area contributed by atoms with E-state index in [1.807, 2.05) is 29.1 Å². The molecule has 58 heavy (non-hydrogen) atoms. The number of rotatable bonds is 10. The molecule has 0 saturated carbocycles. The first-order valence-corrected chi connectivity index (χ1v) is 20.8. The van der Waals surface area contributed by atoms with Crippen molar-refractivity contribution in [2.75, 3.05) is 49.5 Å². The number of hydrogen-bond donors (Lipinski definition) is 3. The Morgan fingerprint density at radius 1 is 0.966 bits per heavy atom. The lowest BCUT2D eigenvalue weighted by Gasteiger charge is -2.43. The number of piperazine rings is 1. The molecule has 0 spiro atoms. The molecule has 2 unspecified atom stereocenters. The maximum absolute atomic E-state index is 13.1. The van der Waals surface area contributed by atoms with E-state index in [9.17, 15) is 23.1 Å². The van der Waals surface area contributed by atoms with Gasteiger partial charge in [-0.3, -0.25) is 38.7 Å². The molecular formula is C39H45N13O5S. The summed E-state index contributed by atoms with van der Waals surface area (Å²) in [6, 6.07) is 9.79. The molecular weight excluding hydrogens is 763 g/mol. The fraction of sp³-hybridized carbons (Fsp3) is 0.436. The van der Waals surface area contributed by atoms with Gasteiger partial charge in [0.25, 0.3) is 17.2 Å². The second-order valence-corrected chi connectivity index (χ2v) is 16.5. The van der Waals surface area contributed by atoms with Gasteiger partial charge in [0.2, 0.25) is 11.8 Å². The van der Waals surface area contributed by atoms with Crippen LogP contribution in [0.25, 0.3) is 22.3 Å². The van der Waals surface area contributed by atoms with Crippen molar-refractivity contribution in [1.82, 2.24) is 53.9 Å². The van der Waals surface area contributed by atoms with Crippen molar-refractivity contribution in [3.05, 3.63) is 71.8 Å². The Morgan fingerprint density at radius 2 is 1.78 bits per heavy atom. The number of nitrogens with one attached hydrogen (secondary N) is 2. The smallest absolute Gasteiger partial charge is 0.282 e. The number of carbonyl (C=O) groups is 3. The Kier molecular flexibility index (Phi) is 10.2. The predicted octanol–water partition coefficient (Wildman–Crippen LogP) is 2.94. The van der Waals surface area contributed by atoms with E-state index in [0.717, 1.165) is 90.6 Å². The number of pyridine rings is 1. The maximum atomic E-state index is 13.1. The standard InChI is InChI=1S/C39H45N13O5S/c1-24(2)52-32-18-34(43-33-7-10-40-36(44-33)27-19-42-51(23-27)58(56)57)41-20-30(32)37(46-52)49-11-8-28(9-12-49)48-15-13-47(14-16-48)21-25-3-4-29-26(17-25)22-50(39(29)55)31-5-6-35(53)45-38(31)54/h3-4,7,10,17-20,23-24,28,31H,5-6,8-9,11-16,21-22H2,1-2H3,(H,56,57)(H,45,53,54)(H,40,41,43,44). The van der Waals surface area contributed by atoms with Crippen molar-refractivity contribution in [3.8, 4) is 11.4 Å². The number of amides is 3. The van der Waals surface area contributed by atoms with Crippen LogP contribution in [-0.2, 0) is 33.9 Å². The zero-order valence-corrected chi connectivity index (χ0v) is 33.1. The summed E-state index contributed by atoms with van der Waals surface area (Å²) in [5, 5.41) is 15.6. The monoisotopic (exact) mass is 807 g/mol. The van der Waals surface area contributed by atoms with E-state index in [1.54, 1.807) is 17.2 Å². The Labute approximate surface area is 337 Å². The second kappa shape index (κ2) is 15.6. The van der Waals surface area contributed by atoms with Crippen molar-refractivity contribution in [2.24, 2.45) is 0 Å². The van der Waals surface area contributed by atoms with Gasteiger partial charge in [0, 0.05) is 94.9 Å². The van der Waals surface area contributed by atoms with Crippen molar-refractivity contribution >= 4 is 57.3 Å². The molecule has 4 aliphatic rings. The van der Waals surface area contributed by atoms with Crippen molar-refractivity contribution in [1.29, 1.82) is 0 Å². The van der Waals surface area contributed by atoms with E-state index in [0.29, 0.717) is 47.6 Å². The molecule has 9 rings (SSSR count). The van der Waals surface area contributed by atoms with Gasteiger partial charge < -0.3 is 15.1 Å². The summed E-state index contributed by atoms with van der Waals surface area (Å²) in [5.41, 5.74) is 4.24. The molecule has 3 saturated heterocycles. The lowest BCUT2D eigenvalue weighted by molar-refractivity contribution is -0.136. The first-order chi connectivity index (χ1) is 28.1. The third-order valence-corrected chi connectivity index (χ3v) is 12.2. The molecule has 1 aromatic carbocycles. The summed E-state index contributed by atoms with van der Waals surface area (Å²) in [7, 11) is 0. The molecule has 19 heteroatoms. The van der Waals surface area contributed by atoms with Crippen LogP contribution in [0.3, 0.4) is 0 Å². The highest BCUT2D eigenvalue weighted by Crippen LogP contribution is 2.33. The van der Waals surface area contributed by atoms with Gasteiger partial charge in [0.05, 0.1) is 28.9 Å². The molecule has 5 aromatic rings. The van der Waals surface area contributed by atoms with Crippen molar-refractivity contribution in [3.63, 3.8) is 0 Å². The third kappa shape index (κ3) is 7.45. The average Bonchev–Trinajstić information content (AvgIpc) is 3.95. The SMILES string of the molecule is CC(C)n1nc(N2CCC(N3CCN(Cc4ccc5c(c4)CN(C4CCC(=O)NC4=O)C5=O)CC3)CC2)c2cnc(Nc3ccnc(-c4cnn(S(=O)O)c4)n3)cc21. The van der Waals surface area contributed by atoms with Gasteiger partial charge in [-0.15, -0.1) is 0 Å². The summed E-state index contributed by atoms with van der Waals surface area (Å²) in [6.07, 6.45) is 9.05. The minimum absolute atomic E-state index is 0.131. The van der Waals surface area contributed by atoms with Gasteiger partial charge in [-0.05, 0) is 56.4 Å². The van der Waals surface area contributed by atoms with Crippen LogP contribution >= 0.6 is 0 Å². The van der Waals surface area contributed by atoms with Crippen molar-refractivity contribution < 1.29 is 23.1 Å². The number of fused-ring (bicyclic) bond motifs is 2. The number of hydrogen-bond acceptors (Lipinski definition) is 13. The zero-order valence-electron chi connectivity index (χ0n) is 32.3. The highest BCUT2D eigenvalue weighted by atomic mass is 32.2. The summed E-state index contributed by atoms with van der Waals surface area (Å²) >= 11 is -2.26. The van der Waals surface area contributed by atoms with Gasteiger partial charge in [-0.25, -0.2) is 19.2 Å². The number of nitrogens with zero attached hydrogens (tertiary/aromatic N) is 11. The molecule has 2 atom stereocenters. The van der Waals surface area contributed by atoms with Crippen LogP contribution in [-0.4, -0.2) is 126 Å². The Bertz CT molecular complexity index is 2420. The van der Waals surface area contributed by atoms with E-state index in [2.05, 4.69) is 60.3 Å². The first-order valence-electron chi connectivity index (χ1n) is 19.7. The molecule has 8 heterocycles. The largest absolute Gasteiger partial charge is 0.354 e. The fourth-order valence-corrected chi connectivity index (χ4v) is 8.96. The summed E-state index contributed by atoms with van der Waals surface area (Å²) in [4.78, 5) is 59.9. The highest BCUT2D eigenvalue weighted by molar-refractivity contribution is 7.77. The van der Waals surface area contributed by atoms with Crippen LogP contribution in [0.4, 0.5) is 17.5 Å². The second-order valence-electron chi connectivity index (χ2n) is 15.6. The van der Waals surface area contributed by atoms with Crippen LogP contribution in [0.15, 0.2) is 55.1 Å². The number of anilines is 3. The maximum Gasteiger partial charge on any atom is 0.282 e. The van der Waals surface area contributed by atoms with Gasteiger partial charge in [-0.1, -0.05) is 12.1 Å². The Hall–Kier alpha value is -5.63. The van der Waals surface area contributed by atoms with E-state index >= 15 is 0 Å². The third-order valence-electron chi connectivity index (χ3n) is 11.6. The molecule has 0 aliphatic carbocycles. The van der Waals surface area contributed by atoms with Gasteiger partial charge in [-0.2, -0.15) is 14.3 Å². The van der Waals surface area contributed by atoms with Gasteiger partial charge in [0.15, 0.2) is 11.6 Å².